The van der Waals surface area contributed by atoms with E-state index in [4.69, 9.17) is 5.11 Å². The molecule has 22 heavy (non-hydrogen) atoms. The van der Waals surface area contributed by atoms with Gasteiger partial charge in [-0.3, -0.25) is 4.79 Å². The number of carboxylic acids is 1. The van der Waals surface area contributed by atoms with E-state index in [1.165, 1.54) is 31.3 Å². The van der Waals surface area contributed by atoms with Crippen molar-refractivity contribution < 1.29 is 9.90 Å². The molecule has 0 aliphatic heterocycles. The van der Waals surface area contributed by atoms with Crippen LogP contribution < -0.4 is 0 Å². The standard InChI is InChI=1S/C20H30O2/c1-2-3-4-5-6-9-13-18-15-12-16-19(18)14-10-7-8-11-17-20(21)22/h6-7,9-10,12-13,16,19H,2-5,8,11,14-15,17H2,1H3,(H,21,22)/t19-/m0/s1. The van der Waals surface area contributed by atoms with Gasteiger partial charge in [0.2, 0.25) is 0 Å². The summed E-state index contributed by atoms with van der Waals surface area (Å²) < 4.78 is 0. The molecule has 0 radical (unpaired) electrons. The Bertz CT molecular complexity index is 427. The zero-order valence-corrected chi connectivity index (χ0v) is 13.8. The molecule has 0 aromatic carbocycles. The summed E-state index contributed by atoms with van der Waals surface area (Å²) >= 11 is 0. The second kappa shape index (κ2) is 12.0. The maximum Gasteiger partial charge on any atom is 0.303 e. The Balaban J connectivity index is 2.25. The molecule has 1 atom stereocenters. The van der Waals surface area contributed by atoms with Crippen LogP contribution in [0.2, 0.25) is 0 Å². The van der Waals surface area contributed by atoms with Gasteiger partial charge in [0.1, 0.15) is 0 Å². The third-order valence-electron chi connectivity index (χ3n) is 3.94. The number of hydrogen-bond acceptors (Lipinski definition) is 1. The van der Waals surface area contributed by atoms with Crippen molar-refractivity contribution >= 4 is 5.97 Å². The molecular weight excluding hydrogens is 272 g/mol. The van der Waals surface area contributed by atoms with E-state index >= 15 is 0 Å². The second-order valence-electron chi connectivity index (χ2n) is 5.90. The minimum atomic E-state index is -0.705. The molecule has 1 N–H and O–H groups in total. The van der Waals surface area contributed by atoms with E-state index in [-0.39, 0.29) is 6.42 Å². The molecule has 0 saturated heterocycles. The minimum absolute atomic E-state index is 0.266. The Hall–Kier alpha value is -1.57. The van der Waals surface area contributed by atoms with Crippen LogP contribution in [0.25, 0.3) is 0 Å². The Morgan fingerprint density at radius 3 is 2.82 bits per heavy atom. The molecule has 1 aliphatic carbocycles. The van der Waals surface area contributed by atoms with Crippen LogP contribution in [0.4, 0.5) is 0 Å². The molecule has 0 fully saturated rings. The first-order valence-electron chi connectivity index (χ1n) is 8.63. The summed E-state index contributed by atoms with van der Waals surface area (Å²) in [6, 6.07) is 0. The molecule has 1 rings (SSSR count). The predicted octanol–water partition coefficient (Wildman–Crippen LogP) is 5.83. The van der Waals surface area contributed by atoms with E-state index in [9.17, 15) is 4.79 Å². The first-order chi connectivity index (χ1) is 10.7. The maximum absolute atomic E-state index is 10.4. The fourth-order valence-electron chi connectivity index (χ4n) is 2.60. The number of rotatable bonds is 11. The third-order valence-corrected chi connectivity index (χ3v) is 3.94. The highest BCUT2D eigenvalue weighted by Gasteiger charge is 2.12. The zero-order valence-electron chi connectivity index (χ0n) is 13.8. The molecule has 0 bridgehead atoms. The van der Waals surface area contributed by atoms with Crippen molar-refractivity contribution in [2.75, 3.05) is 0 Å². The average molecular weight is 302 g/mol. The van der Waals surface area contributed by atoms with Gasteiger partial charge in [-0.05, 0) is 38.5 Å². The van der Waals surface area contributed by atoms with E-state index in [1.54, 1.807) is 0 Å². The van der Waals surface area contributed by atoms with Crippen molar-refractivity contribution in [1.82, 2.24) is 0 Å². The minimum Gasteiger partial charge on any atom is -0.481 e. The van der Waals surface area contributed by atoms with Crippen molar-refractivity contribution in [1.29, 1.82) is 0 Å². The molecule has 0 saturated carbocycles. The predicted molar refractivity (Wildman–Crippen MR) is 93.9 cm³/mol. The number of carboxylic acid groups (broad SMARTS) is 1. The molecule has 0 aromatic rings. The van der Waals surface area contributed by atoms with Gasteiger partial charge in [0.05, 0.1) is 0 Å². The molecule has 0 unspecified atom stereocenters. The van der Waals surface area contributed by atoms with E-state index in [1.807, 2.05) is 0 Å². The van der Waals surface area contributed by atoms with Gasteiger partial charge in [-0.1, -0.05) is 67.9 Å². The van der Waals surface area contributed by atoms with Gasteiger partial charge in [0, 0.05) is 12.3 Å². The van der Waals surface area contributed by atoms with Crippen molar-refractivity contribution in [3.63, 3.8) is 0 Å². The quantitative estimate of drug-likeness (QED) is 0.385. The fourth-order valence-corrected chi connectivity index (χ4v) is 2.60. The summed E-state index contributed by atoms with van der Waals surface area (Å²) in [7, 11) is 0. The van der Waals surface area contributed by atoms with E-state index in [0.29, 0.717) is 5.92 Å². The van der Waals surface area contributed by atoms with Gasteiger partial charge in [-0.2, -0.15) is 0 Å². The lowest BCUT2D eigenvalue weighted by atomic mass is 9.98. The van der Waals surface area contributed by atoms with Crippen molar-refractivity contribution in [2.45, 2.75) is 64.7 Å². The highest BCUT2D eigenvalue weighted by atomic mass is 16.4. The van der Waals surface area contributed by atoms with E-state index in [2.05, 4.69) is 49.5 Å². The molecule has 0 aromatic heterocycles. The highest BCUT2D eigenvalue weighted by Crippen LogP contribution is 2.27. The molecule has 122 valence electrons. The van der Waals surface area contributed by atoms with Crippen LogP contribution in [0.15, 0.2) is 48.1 Å². The summed E-state index contributed by atoms with van der Waals surface area (Å²) in [5.41, 5.74) is 1.49. The van der Waals surface area contributed by atoms with Gasteiger partial charge in [-0.15, -0.1) is 0 Å². The van der Waals surface area contributed by atoms with Crippen molar-refractivity contribution in [3.05, 3.63) is 48.1 Å². The Labute approximate surface area is 135 Å². The Morgan fingerprint density at radius 1 is 1.23 bits per heavy atom. The van der Waals surface area contributed by atoms with Crippen molar-refractivity contribution in [3.8, 4) is 0 Å². The van der Waals surface area contributed by atoms with Crippen LogP contribution >= 0.6 is 0 Å². The molecule has 0 heterocycles. The third kappa shape index (κ3) is 8.66. The van der Waals surface area contributed by atoms with Crippen LogP contribution in [0, 0.1) is 5.92 Å². The Morgan fingerprint density at radius 2 is 2.05 bits per heavy atom. The normalized spacial score (nSPS) is 19.9. The summed E-state index contributed by atoms with van der Waals surface area (Å²) in [6.45, 7) is 2.23. The number of carbonyl (C=O) groups is 1. The number of unbranched alkanes of at least 4 members (excludes halogenated alkanes) is 4. The van der Waals surface area contributed by atoms with Crippen LogP contribution in [-0.4, -0.2) is 11.1 Å². The fraction of sp³-hybridized carbons (Fsp3) is 0.550. The molecule has 2 heteroatoms. The van der Waals surface area contributed by atoms with Crippen LogP contribution in [0.1, 0.15) is 64.7 Å². The van der Waals surface area contributed by atoms with Gasteiger partial charge in [-0.25, -0.2) is 0 Å². The number of hydrogen-bond donors (Lipinski definition) is 1. The lowest BCUT2D eigenvalue weighted by Gasteiger charge is -2.07. The smallest absolute Gasteiger partial charge is 0.303 e. The summed E-state index contributed by atoms with van der Waals surface area (Å²) in [4.78, 5) is 10.4. The van der Waals surface area contributed by atoms with Crippen LogP contribution in [0.5, 0.6) is 0 Å². The maximum atomic E-state index is 10.4. The largest absolute Gasteiger partial charge is 0.481 e. The lowest BCUT2D eigenvalue weighted by Crippen LogP contribution is -1.94. The molecule has 1 aliphatic rings. The molecule has 2 nitrogen and oxygen atoms in total. The van der Waals surface area contributed by atoms with Gasteiger partial charge >= 0.3 is 5.97 Å². The van der Waals surface area contributed by atoms with E-state index in [0.717, 1.165) is 25.7 Å². The zero-order chi connectivity index (χ0) is 16.0. The van der Waals surface area contributed by atoms with E-state index < -0.39 is 5.97 Å². The topological polar surface area (TPSA) is 37.3 Å². The van der Waals surface area contributed by atoms with Crippen molar-refractivity contribution in [2.24, 2.45) is 5.92 Å². The molecule has 0 amide bonds. The first kappa shape index (κ1) is 18.5. The summed E-state index contributed by atoms with van der Waals surface area (Å²) in [6.07, 6.45) is 24.6. The highest BCUT2D eigenvalue weighted by molar-refractivity contribution is 5.66. The number of aliphatic carboxylic acids is 1. The molecule has 0 spiro atoms. The van der Waals surface area contributed by atoms with Crippen LogP contribution in [-0.2, 0) is 4.79 Å². The second-order valence-corrected chi connectivity index (χ2v) is 5.90. The monoisotopic (exact) mass is 302 g/mol. The van der Waals surface area contributed by atoms with Gasteiger partial charge in [0.15, 0.2) is 0 Å². The summed E-state index contributed by atoms with van der Waals surface area (Å²) in [5.74, 6) is -0.181. The lowest BCUT2D eigenvalue weighted by molar-refractivity contribution is -0.137. The van der Waals surface area contributed by atoms with Crippen LogP contribution in [0.3, 0.4) is 0 Å². The van der Waals surface area contributed by atoms with Gasteiger partial charge < -0.3 is 5.11 Å². The SMILES string of the molecule is CCCCCC=CC=C1CC=C[C@@H]1CC=CCCCC(=O)O. The molecular formula is C20H30O2. The Kier molecular flexibility index (Phi) is 10.1. The number of allylic oxidation sites excluding steroid dienone is 8. The summed E-state index contributed by atoms with van der Waals surface area (Å²) in [5, 5.41) is 8.58. The first-order valence-corrected chi connectivity index (χ1v) is 8.63. The average Bonchev–Trinajstić information content (AvgIpc) is 2.93. The van der Waals surface area contributed by atoms with Gasteiger partial charge in [0.25, 0.3) is 0 Å².